The molecule has 0 fully saturated rings. The smallest absolute Gasteiger partial charge is 0.137 e. The lowest BCUT2D eigenvalue weighted by Gasteiger charge is -2.20. The van der Waals surface area contributed by atoms with Crippen LogP contribution in [0, 0.1) is 24.4 Å². The van der Waals surface area contributed by atoms with Crippen molar-refractivity contribution in [3.63, 3.8) is 0 Å². The maximum Gasteiger partial charge on any atom is 0.137 e. The van der Waals surface area contributed by atoms with E-state index < -0.39 is 23.5 Å². The minimum Gasteiger partial charge on any atom is -0.309 e. The molecule has 0 spiro atoms. The molecule has 0 aromatic heterocycles. The lowest BCUT2D eigenvalue weighted by atomic mass is 9.96. The molecule has 1 atom stereocenters. The molecule has 0 saturated heterocycles. The summed E-state index contributed by atoms with van der Waals surface area (Å²) in [6.45, 7) is 1.56. The first-order chi connectivity index (χ1) is 9.45. The van der Waals surface area contributed by atoms with Crippen LogP contribution in [0.1, 0.15) is 22.7 Å². The fraction of sp³-hybridized carbons (Fsp3) is 0.200. The van der Waals surface area contributed by atoms with Crippen LogP contribution in [0.4, 0.5) is 13.2 Å². The van der Waals surface area contributed by atoms with E-state index in [-0.39, 0.29) is 10.0 Å². The van der Waals surface area contributed by atoms with E-state index in [1.165, 1.54) is 12.1 Å². The molecule has 0 aliphatic carbocycles. The monoisotopic (exact) mass is 343 g/mol. The van der Waals surface area contributed by atoms with Gasteiger partial charge in [-0.2, -0.15) is 0 Å². The number of rotatable bonds is 3. The van der Waals surface area contributed by atoms with Gasteiger partial charge in [0.15, 0.2) is 0 Å². The Morgan fingerprint density at radius 2 is 1.70 bits per heavy atom. The van der Waals surface area contributed by atoms with Gasteiger partial charge in [-0.25, -0.2) is 13.2 Å². The van der Waals surface area contributed by atoms with Crippen LogP contribution in [0.2, 0.25) is 0 Å². The van der Waals surface area contributed by atoms with Gasteiger partial charge in [0.2, 0.25) is 0 Å². The first kappa shape index (κ1) is 15.1. The second-order valence-corrected chi connectivity index (χ2v) is 5.28. The summed E-state index contributed by atoms with van der Waals surface area (Å²) in [5.41, 5.74) is 1.17. The lowest BCUT2D eigenvalue weighted by molar-refractivity contribution is 0.544. The second-order valence-electron chi connectivity index (χ2n) is 4.49. The lowest BCUT2D eigenvalue weighted by Crippen LogP contribution is -2.20. The van der Waals surface area contributed by atoms with Crippen molar-refractivity contribution in [2.45, 2.75) is 13.0 Å². The number of hydrogen-bond donors (Lipinski definition) is 1. The van der Waals surface area contributed by atoms with Crippen LogP contribution in [0.5, 0.6) is 0 Å². The summed E-state index contributed by atoms with van der Waals surface area (Å²) in [5.74, 6) is -1.69. The van der Waals surface area contributed by atoms with Crippen molar-refractivity contribution in [3.8, 4) is 0 Å². The summed E-state index contributed by atoms with van der Waals surface area (Å²) in [4.78, 5) is 0. The Balaban J connectivity index is 2.58. The van der Waals surface area contributed by atoms with Crippen LogP contribution in [0.25, 0.3) is 0 Å². The van der Waals surface area contributed by atoms with Crippen LogP contribution in [0.3, 0.4) is 0 Å². The highest BCUT2D eigenvalue weighted by atomic mass is 79.9. The maximum atomic E-state index is 14.0. The van der Waals surface area contributed by atoms with Gasteiger partial charge in [-0.15, -0.1) is 0 Å². The van der Waals surface area contributed by atoms with Gasteiger partial charge in [0.25, 0.3) is 0 Å². The molecule has 0 saturated carbocycles. The van der Waals surface area contributed by atoms with E-state index in [0.29, 0.717) is 11.1 Å². The largest absolute Gasteiger partial charge is 0.309 e. The minimum absolute atomic E-state index is 0.265. The number of benzene rings is 2. The van der Waals surface area contributed by atoms with Crippen molar-refractivity contribution < 1.29 is 13.2 Å². The van der Waals surface area contributed by atoms with E-state index in [0.717, 1.165) is 6.07 Å². The molecular weight excluding hydrogens is 331 g/mol. The van der Waals surface area contributed by atoms with Crippen molar-refractivity contribution in [2.24, 2.45) is 0 Å². The molecule has 0 heterocycles. The van der Waals surface area contributed by atoms with Gasteiger partial charge in [-0.3, -0.25) is 0 Å². The summed E-state index contributed by atoms with van der Waals surface area (Å²) >= 11 is 3.16. The first-order valence-electron chi connectivity index (χ1n) is 6.02. The van der Waals surface area contributed by atoms with E-state index >= 15 is 0 Å². The zero-order valence-electron chi connectivity index (χ0n) is 11.0. The van der Waals surface area contributed by atoms with E-state index in [4.69, 9.17) is 0 Å². The molecular formula is C15H13BrF3N. The topological polar surface area (TPSA) is 12.0 Å². The highest BCUT2D eigenvalue weighted by molar-refractivity contribution is 9.10. The second kappa shape index (κ2) is 5.97. The van der Waals surface area contributed by atoms with E-state index in [2.05, 4.69) is 21.2 Å². The Bertz CT molecular complexity index is 643. The van der Waals surface area contributed by atoms with Crippen molar-refractivity contribution >= 4 is 15.9 Å². The Morgan fingerprint density at radius 3 is 2.35 bits per heavy atom. The van der Waals surface area contributed by atoms with Crippen molar-refractivity contribution in [1.29, 1.82) is 0 Å². The SMILES string of the molecule is CNC(c1cc(C)c(F)cc1F)c1cccc(F)c1Br. The first-order valence-corrected chi connectivity index (χ1v) is 6.81. The van der Waals surface area contributed by atoms with Crippen LogP contribution in [-0.2, 0) is 0 Å². The molecule has 0 aliphatic heterocycles. The minimum atomic E-state index is -0.663. The van der Waals surface area contributed by atoms with Crippen molar-refractivity contribution in [1.82, 2.24) is 5.32 Å². The summed E-state index contributed by atoms with van der Waals surface area (Å²) in [6, 6.07) is 6.26. The summed E-state index contributed by atoms with van der Waals surface area (Å²) < 4.78 is 41.2. The van der Waals surface area contributed by atoms with Gasteiger partial charge < -0.3 is 5.32 Å². The third kappa shape index (κ3) is 2.74. The van der Waals surface area contributed by atoms with Crippen LogP contribution < -0.4 is 5.32 Å². The van der Waals surface area contributed by atoms with Gasteiger partial charge >= 0.3 is 0 Å². The van der Waals surface area contributed by atoms with E-state index in [1.54, 1.807) is 26.1 Å². The highest BCUT2D eigenvalue weighted by Crippen LogP contribution is 2.32. The third-order valence-corrected chi connectivity index (χ3v) is 4.01. The number of nitrogens with one attached hydrogen (secondary N) is 1. The fourth-order valence-electron chi connectivity index (χ4n) is 2.12. The average molecular weight is 344 g/mol. The third-order valence-electron chi connectivity index (χ3n) is 3.17. The molecule has 1 nitrogen and oxygen atoms in total. The fourth-order valence-corrected chi connectivity index (χ4v) is 2.62. The molecule has 2 aromatic rings. The molecule has 20 heavy (non-hydrogen) atoms. The zero-order valence-corrected chi connectivity index (χ0v) is 12.6. The van der Waals surface area contributed by atoms with E-state index in [9.17, 15) is 13.2 Å². The molecule has 1 unspecified atom stereocenters. The summed E-state index contributed by atoms with van der Waals surface area (Å²) in [5, 5.41) is 2.93. The number of hydrogen-bond acceptors (Lipinski definition) is 1. The van der Waals surface area contributed by atoms with Gasteiger partial charge in [0.05, 0.1) is 10.5 Å². The predicted octanol–water partition coefficient (Wildman–Crippen LogP) is 4.48. The molecule has 0 amide bonds. The maximum absolute atomic E-state index is 14.0. The van der Waals surface area contributed by atoms with Crippen molar-refractivity contribution in [3.05, 3.63) is 68.9 Å². The molecule has 0 bridgehead atoms. The molecule has 106 valence electrons. The van der Waals surface area contributed by atoms with Gasteiger partial charge in [0.1, 0.15) is 17.5 Å². The normalized spacial score (nSPS) is 12.5. The molecule has 2 rings (SSSR count). The number of halogens is 4. The van der Waals surface area contributed by atoms with Crippen LogP contribution >= 0.6 is 15.9 Å². The Labute approximate surface area is 123 Å². The van der Waals surface area contributed by atoms with Gasteiger partial charge in [-0.1, -0.05) is 12.1 Å². The summed E-state index contributed by atoms with van der Waals surface area (Å²) in [6.07, 6.45) is 0. The van der Waals surface area contributed by atoms with Crippen LogP contribution in [-0.4, -0.2) is 7.05 Å². The van der Waals surface area contributed by atoms with E-state index in [1.807, 2.05) is 0 Å². The van der Waals surface area contributed by atoms with Crippen molar-refractivity contribution in [2.75, 3.05) is 7.05 Å². The quantitative estimate of drug-likeness (QED) is 0.866. The Hall–Kier alpha value is -1.33. The zero-order chi connectivity index (χ0) is 14.9. The molecule has 0 aliphatic rings. The highest BCUT2D eigenvalue weighted by Gasteiger charge is 2.21. The predicted molar refractivity (Wildman–Crippen MR) is 76.1 cm³/mol. The molecule has 5 heteroatoms. The standard InChI is InChI=1S/C15H13BrF3N/c1-8-6-10(13(19)7-12(8)18)15(20-2)9-4-3-5-11(17)14(9)16/h3-7,15,20H,1-2H3. The Kier molecular flexibility index (Phi) is 4.50. The summed E-state index contributed by atoms with van der Waals surface area (Å²) in [7, 11) is 1.64. The molecule has 0 radical (unpaired) electrons. The average Bonchev–Trinajstić information content (AvgIpc) is 2.41. The van der Waals surface area contributed by atoms with Gasteiger partial charge in [0, 0.05) is 11.6 Å². The van der Waals surface area contributed by atoms with Crippen LogP contribution in [0.15, 0.2) is 34.8 Å². The molecule has 1 N–H and O–H groups in total. The number of aryl methyl sites for hydroxylation is 1. The molecule has 2 aromatic carbocycles. The Morgan fingerprint density at radius 1 is 1.00 bits per heavy atom. The van der Waals surface area contributed by atoms with Gasteiger partial charge in [-0.05, 0) is 53.2 Å².